The molecule has 0 aliphatic heterocycles. The van der Waals surface area contributed by atoms with E-state index < -0.39 is 0 Å². The molecule has 0 unspecified atom stereocenters. The molecule has 0 atom stereocenters. The Morgan fingerprint density at radius 2 is 1.54 bits per heavy atom. The van der Waals surface area contributed by atoms with Crippen LogP contribution in [0.25, 0.3) is 10.8 Å². The number of hydrogen-bond acceptors (Lipinski definition) is 1. The van der Waals surface area contributed by atoms with Gasteiger partial charge >= 0.3 is 0 Å². The Labute approximate surface area is 164 Å². The maximum absolute atomic E-state index is 12.1. The molecule has 1 N–H and O–H groups in total. The van der Waals surface area contributed by atoms with E-state index in [4.69, 9.17) is 23.2 Å². The highest BCUT2D eigenvalue weighted by molar-refractivity contribution is 6.36. The van der Waals surface area contributed by atoms with Crippen LogP contribution in [0.2, 0.25) is 10.0 Å². The SMILES string of the molecule is O=C(CCc1c(Cl)cccc1Cl)NCCCc1cccc2ccccc12. The summed E-state index contributed by atoms with van der Waals surface area (Å²) in [5.74, 6) is 0.0268. The summed E-state index contributed by atoms with van der Waals surface area (Å²) in [6, 6.07) is 20.2. The van der Waals surface area contributed by atoms with Gasteiger partial charge in [-0.1, -0.05) is 71.7 Å². The molecule has 0 aliphatic rings. The summed E-state index contributed by atoms with van der Waals surface area (Å²) < 4.78 is 0. The third kappa shape index (κ3) is 4.78. The first kappa shape index (κ1) is 18.8. The van der Waals surface area contributed by atoms with Crippen LogP contribution in [0.5, 0.6) is 0 Å². The molecule has 3 rings (SSSR count). The minimum Gasteiger partial charge on any atom is -0.356 e. The lowest BCUT2D eigenvalue weighted by molar-refractivity contribution is -0.121. The van der Waals surface area contributed by atoms with Crippen molar-refractivity contribution in [1.82, 2.24) is 5.32 Å². The van der Waals surface area contributed by atoms with Gasteiger partial charge in [0.2, 0.25) is 5.91 Å². The fourth-order valence-corrected chi connectivity index (χ4v) is 3.70. The van der Waals surface area contributed by atoms with Gasteiger partial charge in [0.1, 0.15) is 0 Å². The van der Waals surface area contributed by atoms with Gasteiger partial charge in [0.15, 0.2) is 0 Å². The number of halogens is 2. The first-order chi connectivity index (χ1) is 12.6. The first-order valence-corrected chi connectivity index (χ1v) is 9.57. The van der Waals surface area contributed by atoms with Crippen LogP contribution in [0, 0.1) is 0 Å². The van der Waals surface area contributed by atoms with Crippen molar-refractivity contribution in [3.05, 3.63) is 81.8 Å². The van der Waals surface area contributed by atoms with E-state index in [2.05, 4.69) is 47.8 Å². The summed E-state index contributed by atoms with van der Waals surface area (Å²) >= 11 is 12.3. The fourth-order valence-electron chi connectivity index (χ4n) is 3.12. The molecule has 0 spiro atoms. The van der Waals surface area contributed by atoms with Crippen molar-refractivity contribution in [3.8, 4) is 0 Å². The second-order valence-electron chi connectivity index (χ2n) is 6.29. The number of carbonyl (C=O) groups excluding carboxylic acids is 1. The topological polar surface area (TPSA) is 29.1 Å². The van der Waals surface area contributed by atoms with Crippen LogP contribution in [-0.4, -0.2) is 12.5 Å². The van der Waals surface area contributed by atoms with Crippen LogP contribution >= 0.6 is 23.2 Å². The van der Waals surface area contributed by atoms with E-state index in [-0.39, 0.29) is 5.91 Å². The Kier molecular flexibility index (Phi) is 6.54. The minimum atomic E-state index is 0.0268. The van der Waals surface area contributed by atoms with E-state index in [1.165, 1.54) is 16.3 Å². The molecule has 0 aromatic heterocycles. The van der Waals surface area contributed by atoms with Gasteiger partial charge in [-0.3, -0.25) is 4.79 Å². The molecule has 134 valence electrons. The Balaban J connectivity index is 1.45. The van der Waals surface area contributed by atoms with E-state index in [9.17, 15) is 4.79 Å². The number of rotatable bonds is 7. The molecule has 0 bridgehead atoms. The molecular formula is C22H21Cl2NO. The summed E-state index contributed by atoms with van der Waals surface area (Å²) in [6.07, 6.45) is 2.79. The van der Waals surface area contributed by atoms with Crippen LogP contribution in [0.4, 0.5) is 0 Å². The van der Waals surface area contributed by atoms with Crippen molar-refractivity contribution in [2.24, 2.45) is 0 Å². The van der Waals surface area contributed by atoms with Crippen molar-refractivity contribution >= 4 is 39.9 Å². The predicted molar refractivity (Wildman–Crippen MR) is 110 cm³/mol. The summed E-state index contributed by atoms with van der Waals surface area (Å²) in [4.78, 5) is 12.1. The van der Waals surface area contributed by atoms with Crippen molar-refractivity contribution in [2.45, 2.75) is 25.7 Å². The third-order valence-electron chi connectivity index (χ3n) is 4.49. The molecule has 4 heteroatoms. The molecule has 0 aliphatic carbocycles. The second kappa shape index (κ2) is 9.07. The number of carbonyl (C=O) groups is 1. The highest BCUT2D eigenvalue weighted by Gasteiger charge is 2.08. The van der Waals surface area contributed by atoms with Crippen molar-refractivity contribution in [3.63, 3.8) is 0 Å². The molecule has 3 aromatic carbocycles. The Morgan fingerprint density at radius 3 is 2.35 bits per heavy atom. The van der Waals surface area contributed by atoms with Gasteiger partial charge in [-0.15, -0.1) is 0 Å². The number of aryl methyl sites for hydroxylation is 1. The van der Waals surface area contributed by atoms with E-state index in [1.807, 2.05) is 6.07 Å². The van der Waals surface area contributed by atoms with Crippen molar-refractivity contribution < 1.29 is 4.79 Å². The third-order valence-corrected chi connectivity index (χ3v) is 5.20. The van der Waals surface area contributed by atoms with Gasteiger partial charge in [-0.25, -0.2) is 0 Å². The Hall–Kier alpha value is -2.03. The number of amides is 1. The zero-order valence-electron chi connectivity index (χ0n) is 14.5. The van der Waals surface area contributed by atoms with Crippen LogP contribution in [0.1, 0.15) is 24.0 Å². The number of fused-ring (bicyclic) bond motifs is 1. The second-order valence-corrected chi connectivity index (χ2v) is 7.11. The molecule has 0 saturated carbocycles. The Morgan fingerprint density at radius 1 is 0.846 bits per heavy atom. The average molecular weight is 386 g/mol. The summed E-state index contributed by atoms with van der Waals surface area (Å²) in [7, 11) is 0. The molecule has 26 heavy (non-hydrogen) atoms. The van der Waals surface area contributed by atoms with E-state index in [0.717, 1.165) is 18.4 Å². The molecule has 0 heterocycles. The molecular weight excluding hydrogens is 365 g/mol. The normalized spacial score (nSPS) is 10.8. The Bertz CT molecular complexity index is 882. The molecule has 0 radical (unpaired) electrons. The first-order valence-electron chi connectivity index (χ1n) is 8.81. The van der Waals surface area contributed by atoms with Crippen molar-refractivity contribution in [1.29, 1.82) is 0 Å². The number of hydrogen-bond donors (Lipinski definition) is 1. The predicted octanol–water partition coefficient (Wildman–Crippen LogP) is 5.83. The lowest BCUT2D eigenvalue weighted by Gasteiger charge is -2.09. The van der Waals surface area contributed by atoms with Gasteiger partial charge in [0.25, 0.3) is 0 Å². The zero-order valence-corrected chi connectivity index (χ0v) is 16.0. The molecule has 0 fully saturated rings. The summed E-state index contributed by atoms with van der Waals surface area (Å²) in [6.45, 7) is 0.665. The smallest absolute Gasteiger partial charge is 0.220 e. The van der Waals surface area contributed by atoms with Gasteiger partial charge in [0.05, 0.1) is 0 Å². The maximum Gasteiger partial charge on any atom is 0.220 e. The van der Waals surface area contributed by atoms with Crippen LogP contribution in [0.15, 0.2) is 60.7 Å². The average Bonchev–Trinajstić information content (AvgIpc) is 2.65. The summed E-state index contributed by atoms with van der Waals surface area (Å²) in [5.41, 5.74) is 2.15. The summed E-state index contributed by atoms with van der Waals surface area (Å²) in [5, 5.41) is 6.75. The molecule has 0 saturated heterocycles. The lowest BCUT2D eigenvalue weighted by atomic mass is 10.0. The quantitative estimate of drug-likeness (QED) is 0.509. The van der Waals surface area contributed by atoms with E-state index in [1.54, 1.807) is 12.1 Å². The largest absolute Gasteiger partial charge is 0.356 e. The lowest BCUT2D eigenvalue weighted by Crippen LogP contribution is -2.25. The monoisotopic (exact) mass is 385 g/mol. The van der Waals surface area contributed by atoms with Crippen LogP contribution < -0.4 is 5.32 Å². The highest BCUT2D eigenvalue weighted by Crippen LogP contribution is 2.25. The maximum atomic E-state index is 12.1. The standard InChI is InChI=1S/C22H21Cl2NO/c23-20-11-4-12-21(24)19(20)13-14-22(26)25-15-5-9-17-8-3-7-16-6-1-2-10-18(16)17/h1-4,6-8,10-12H,5,9,13-15H2,(H,25,26). The fraction of sp³-hybridized carbons (Fsp3) is 0.227. The van der Waals surface area contributed by atoms with E-state index in [0.29, 0.717) is 29.4 Å². The van der Waals surface area contributed by atoms with Gasteiger partial charge in [-0.05, 0) is 53.3 Å². The van der Waals surface area contributed by atoms with Crippen LogP contribution in [0.3, 0.4) is 0 Å². The molecule has 1 amide bonds. The molecule has 2 nitrogen and oxygen atoms in total. The van der Waals surface area contributed by atoms with Gasteiger partial charge in [-0.2, -0.15) is 0 Å². The number of benzene rings is 3. The van der Waals surface area contributed by atoms with E-state index >= 15 is 0 Å². The molecule has 3 aromatic rings. The van der Waals surface area contributed by atoms with Crippen molar-refractivity contribution in [2.75, 3.05) is 6.54 Å². The minimum absolute atomic E-state index is 0.0268. The number of nitrogens with one attached hydrogen (secondary N) is 1. The van der Waals surface area contributed by atoms with Crippen LogP contribution in [-0.2, 0) is 17.6 Å². The van der Waals surface area contributed by atoms with Gasteiger partial charge < -0.3 is 5.32 Å². The highest BCUT2D eigenvalue weighted by atomic mass is 35.5. The van der Waals surface area contributed by atoms with Gasteiger partial charge in [0, 0.05) is 23.0 Å². The zero-order chi connectivity index (χ0) is 18.4.